The lowest BCUT2D eigenvalue weighted by molar-refractivity contribution is -0.118. The van der Waals surface area contributed by atoms with Crippen LogP contribution in [-0.2, 0) is 11.2 Å². The number of fused-ring (bicyclic) bond motifs is 1. The summed E-state index contributed by atoms with van der Waals surface area (Å²) in [5.74, 6) is 2.49. The fourth-order valence-electron chi connectivity index (χ4n) is 3.54. The van der Waals surface area contributed by atoms with Crippen molar-refractivity contribution < 1.29 is 9.90 Å². The maximum atomic E-state index is 12.1. The van der Waals surface area contributed by atoms with Gasteiger partial charge in [-0.25, -0.2) is 0 Å². The van der Waals surface area contributed by atoms with Crippen LogP contribution in [0.15, 0.2) is 18.2 Å². The van der Waals surface area contributed by atoms with Gasteiger partial charge in [0.05, 0.1) is 6.10 Å². The molecule has 1 N–H and O–H groups in total. The fourth-order valence-corrected chi connectivity index (χ4v) is 4.52. The summed E-state index contributed by atoms with van der Waals surface area (Å²) in [5, 5.41) is 10.6. The standard InChI is InChI=1S/C18H26N2O2S/c1-3-18(22)20-13(2)10-15-11-14(4-5-16(15)20)17(21)12-19-6-8-23-9-7-19/h4-5,11,13,17,21H,3,6-10,12H2,1-2H3/t13-,17+/m1/s1. The van der Waals surface area contributed by atoms with E-state index in [1.165, 1.54) is 5.56 Å². The van der Waals surface area contributed by atoms with Crippen LogP contribution in [0.2, 0.25) is 0 Å². The van der Waals surface area contributed by atoms with Crippen molar-refractivity contribution in [3.63, 3.8) is 0 Å². The molecule has 0 radical (unpaired) electrons. The molecule has 1 saturated heterocycles. The lowest BCUT2D eigenvalue weighted by Crippen LogP contribution is -2.35. The zero-order valence-electron chi connectivity index (χ0n) is 14.0. The van der Waals surface area contributed by atoms with Crippen molar-refractivity contribution in [1.82, 2.24) is 4.90 Å². The van der Waals surface area contributed by atoms with Crippen LogP contribution in [0, 0.1) is 0 Å². The number of benzene rings is 1. The highest BCUT2D eigenvalue weighted by molar-refractivity contribution is 7.99. The highest BCUT2D eigenvalue weighted by Crippen LogP contribution is 2.34. The summed E-state index contributed by atoms with van der Waals surface area (Å²) >= 11 is 1.98. The van der Waals surface area contributed by atoms with Crippen LogP contribution < -0.4 is 4.90 Å². The summed E-state index contributed by atoms with van der Waals surface area (Å²) in [5.41, 5.74) is 3.18. The number of nitrogens with zero attached hydrogens (tertiary/aromatic N) is 2. The molecule has 4 nitrogen and oxygen atoms in total. The van der Waals surface area contributed by atoms with Crippen molar-refractivity contribution in [3.8, 4) is 0 Å². The van der Waals surface area contributed by atoms with E-state index < -0.39 is 6.10 Å². The summed E-state index contributed by atoms with van der Waals surface area (Å²) in [6.45, 7) is 6.81. The number of aliphatic hydroxyl groups is 1. The van der Waals surface area contributed by atoms with E-state index in [0.717, 1.165) is 42.3 Å². The zero-order valence-corrected chi connectivity index (χ0v) is 14.8. The molecule has 1 aromatic carbocycles. The molecule has 2 aliphatic heterocycles. The van der Waals surface area contributed by atoms with Gasteiger partial charge >= 0.3 is 0 Å². The number of anilines is 1. The molecule has 1 fully saturated rings. The highest BCUT2D eigenvalue weighted by Gasteiger charge is 2.30. The number of hydrogen-bond donors (Lipinski definition) is 1. The molecule has 2 aliphatic rings. The molecule has 2 heterocycles. The number of hydrogen-bond acceptors (Lipinski definition) is 4. The van der Waals surface area contributed by atoms with Gasteiger partial charge in [-0.3, -0.25) is 9.69 Å². The van der Waals surface area contributed by atoms with Crippen molar-refractivity contribution in [2.45, 2.75) is 38.8 Å². The smallest absolute Gasteiger partial charge is 0.226 e. The Kier molecular flexibility index (Phi) is 5.29. The number of amides is 1. The van der Waals surface area contributed by atoms with Gasteiger partial charge < -0.3 is 10.0 Å². The summed E-state index contributed by atoms with van der Waals surface area (Å²) < 4.78 is 0. The minimum atomic E-state index is -0.449. The Hall–Kier alpha value is -1.04. The lowest BCUT2D eigenvalue weighted by Gasteiger charge is -2.28. The van der Waals surface area contributed by atoms with Crippen molar-refractivity contribution in [2.75, 3.05) is 36.0 Å². The van der Waals surface area contributed by atoms with Crippen LogP contribution in [0.5, 0.6) is 0 Å². The van der Waals surface area contributed by atoms with Crippen LogP contribution >= 0.6 is 11.8 Å². The van der Waals surface area contributed by atoms with Gasteiger partial charge in [-0.15, -0.1) is 0 Å². The molecule has 126 valence electrons. The van der Waals surface area contributed by atoms with Gasteiger partial charge in [0.15, 0.2) is 0 Å². The Morgan fingerprint density at radius 2 is 2.13 bits per heavy atom. The Morgan fingerprint density at radius 3 is 2.83 bits per heavy atom. The van der Waals surface area contributed by atoms with Crippen molar-refractivity contribution in [1.29, 1.82) is 0 Å². The van der Waals surface area contributed by atoms with Gasteiger partial charge in [-0.1, -0.05) is 19.1 Å². The van der Waals surface area contributed by atoms with Crippen molar-refractivity contribution in [2.24, 2.45) is 0 Å². The largest absolute Gasteiger partial charge is 0.387 e. The van der Waals surface area contributed by atoms with E-state index in [-0.39, 0.29) is 11.9 Å². The molecule has 0 spiro atoms. The minimum Gasteiger partial charge on any atom is -0.387 e. The predicted octanol–water partition coefficient (Wildman–Crippen LogP) is 2.46. The van der Waals surface area contributed by atoms with E-state index in [4.69, 9.17) is 0 Å². The van der Waals surface area contributed by atoms with Crippen molar-refractivity contribution >= 4 is 23.4 Å². The average molecular weight is 334 g/mol. The molecule has 1 aromatic rings. The summed E-state index contributed by atoms with van der Waals surface area (Å²) in [6.07, 6.45) is 0.956. The van der Waals surface area contributed by atoms with E-state index >= 15 is 0 Å². The van der Waals surface area contributed by atoms with Crippen LogP contribution in [0.25, 0.3) is 0 Å². The van der Waals surface area contributed by atoms with E-state index in [0.29, 0.717) is 13.0 Å². The lowest BCUT2D eigenvalue weighted by atomic mass is 10.0. The second kappa shape index (κ2) is 7.24. The molecule has 0 aliphatic carbocycles. The fraction of sp³-hybridized carbons (Fsp3) is 0.611. The quantitative estimate of drug-likeness (QED) is 0.919. The van der Waals surface area contributed by atoms with Gasteiger partial charge in [0.2, 0.25) is 5.91 Å². The van der Waals surface area contributed by atoms with Crippen LogP contribution in [0.1, 0.15) is 37.5 Å². The highest BCUT2D eigenvalue weighted by atomic mass is 32.2. The molecule has 0 unspecified atom stereocenters. The third kappa shape index (κ3) is 3.57. The van der Waals surface area contributed by atoms with E-state index in [9.17, 15) is 9.90 Å². The van der Waals surface area contributed by atoms with E-state index in [1.54, 1.807) is 0 Å². The normalized spacial score (nSPS) is 22.9. The van der Waals surface area contributed by atoms with Crippen LogP contribution in [0.3, 0.4) is 0 Å². The Morgan fingerprint density at radius 1 is 1.39 bits per heavy atom. The monoisotopic (exact) mass is 334 g/mol. The predicted molar refractivity (Wildman–Crippen MR) is 96.1 cm³/mol. The number of carbonyl (C=O) groups is 1. The summed E-state index contributed by atoms with van der Waals surface area (Å²) in [4.78, 5) is 16.4. The molecule has 23 heavy (non-hydrogen) atoms. The maximum absolute atomic E-state index is 12.1. The maximum Gasteiger partial charge on any atom is 0.226 e. The molecule has 3 rings (SSSR count). The van der Waals surface area contributed by atoms with Gasteiger partial charge in [-0.2, -0.15) is 11.8 Å². The van der Waals surface area contributed by atoms with E-state index in [1.807, 2.05) is 35.7 Å². The Bertz CT molecular complexity index is 572. The second-order valence-corrected chi connectivity index (χ2v) is 7.71. The first kappa shape index (κ1) is 16.8. The molecular formula is C18H26N2O2S. The summed E-state index contributed by atoms with van der Waals surface area (Å²) in [6, 6.07) is 6.30. The third-order valence-electron chi connectivity index (χ3n) is 4.81. The average Bonchev–Trinajstić information content (AvgIpc) is 2.90. The first-order valence-corrected chi connectivity index (χ1v) is 9.68. The number of β-amino-alcohol motifs (C(OH)–C–C–N with tert-alkyl or cyclic N) is 1. The minimum absolute atomic E-state index is 0.176. The number of carbonyl (C=O) groups excluding carboxylic acids is 1. The second-order valence-electron chi connectivity index (χ2n) is 6.49. The zero-order chi connectivity index (χ0) is 16.4. The molecule has 0 aromatic heterocycles. The first-order valence-electron chi connectivity index (χ1n) is 8.53. The van der Waals surface area contributed by atoms with Crippen LogP contribution in [0.4, 0.5) is 5.69 Å². The molecule has 0 saturated carbocycles. The van der Waals surface area contributed by atoms with Gasteiger partial charge in [0, 0.05) is 49.3 Å². The Labute approximate surface area is 142 Å². The van der Waals surface area contributed by atoms with Gasteiger partial charge in [-0.05, 0) is 30.5 Å². The first-order chi connectivity index (χ1) is 11.1. The van der Waals surface area contributed by atoms with Crippen molar-refractivity contribution in [3.05, 3.63) is 29.3 Å². The molecule has 0 bridgehead atoms. The Balaban J connectivity index is 1.73. The molecule has 5 heteroatoms. The molecular weight excluding hydrogens is 308 g/mol. The summed E-state index contributed by atoms with van der Waals surface area (Å²) in [7, 11) is 0. The molecule has 2 atom stereocenters. The number of thioether (sulfide) groups is 1. The number of rotatable bonds is 4. The van der Waals surface area contributed by atoms with Crippen LogP contribution in [-0.4, -0.2) is 53.1 Å². The number of aliphatic hydroxyl groups excluding tert-OH is 1. The SMILES string of the molecule is CCC(=O)N1c2ccc([C@@H](O)CN3CCSCC3)cc2C[C@H]1C. The third-order valence-corrected chi connectivity index (χ3v) is 5.75. The molecule has 1 amide bonds. The van der Waals surface area contributed by atoms with Gasteiger partial charge in [0.1, 0.15) is 0 Å². The van der Waals surface area contributed by atoms with E-state index in [2.05, 4.69) is 17.9 Å². The van der Waals surface area contributed by atoms with Gasteiger partial charge in [0.25, 0.3) is 0 Å². The topological polar surface area (TPSA) is 43.8 Å².